The quantitative estimate of drug-likeness (QED) is 0.178. The highest BCUT2D eigenvalue weighted by atomic mass is 19.1. The van der Waals surface area contributed by atoms with Crippen LogP contribution in [0.5, 0.6) is 11.8 Å². The summed E-state index contributed by atoms with van der Waals surface area (Å²) >= 11 is 0. The predicted octanol–water partition coefficient (Wildman–Crippen LogP) is 6.04. The molecule has 3 heterocycles. The van der Waals surface area contributed by atoms with Crippen LogP contribution in [0.15, 0.2) is 30.5 Å². The number of nitrogens with zero attached hydrogens (tertiary/aromatic N) is 4. The van der Waals surface area contributed by atoms with Gasteiger partial charge in [-0.2, -0.15) is 9.97 Å². The van der Waals surface area contributed by atoms with Gasteiger partial charge in [0.25, 0.3) is 0 Å². The number of hydrogen-bond donors (Lipinski definition) is 2. The molecule has 0 radical (unpaired) electrons. The first-order valence-corrected chi connectivity index (χ1v) is 15.3. The maximum atomic E-state index is 16.6. The lowest BCUT2D eigenvalue weighted by Gasteiger charge is -2.44. The zero-order chi connectivity index (χ0) is 30.4. The number of terminal acetylenes is 1. The summed E-state index contributed by atoms with van der Waals surface area (Å²) in [6.45, 7) is 2.46. The maximum Gasteiger partial charge on any atom is 0.319 e. The number of piperidine rings is 1. The molecule has 1 saturated heterocycles. The minimum absolute atomic E-state index is 0.00185. The molecule has 228 valence electrons. The summed E-state index contributed by atoms with van der Waals surface area (Å²) in [5.41, 5.74) is 0.0258. The number of aromatic hydroxyl groups is 1. The van der Waals surface area contributed by atoms with E-state index in [9.17, 15) is 9.50 Å². The van der Waals surface area contributed by atoms with Gasteiger partial charge in [-0.3, -0.25) is 4.98 Å². The molecule has 0 spiro atoms. The van der Waals surface area contributed by atoms with Gasteiger partial charge in [-0.05, 0) is 75.7 Å². The van der Waals surface area contributed by atoms with Crippen molar-refractivity contribution < 1.29 is 23.4 Å². The summed E-state index contributed by atoms with van der Waals surface area (Å²) in [6, 6.07) is 6.02. The fourth-order valence-corrected chi connectivity index (χ4v) is 7.19. The normalized spacial score (nSPS) is 21.8. The fraction of sp³-hybridized carbons (Fsp3) is 0.441. The number of benzene rings is 2. The lowest BCUT2D eigenvalue weighted by Crippen LogP contribution is -2.50. The molecule has 44 heavy (non-hydrogen) atoms. The molecule has 2 aromatic carbocycles. The summed E-state index contributed by atoms with van der Waals surface area (Å²) in [5, 5.41) is 14.9. The van der Waals surface area contributed by atoms with Crippen LogP contribution < -0.4 is 10.1 Å². The molecular weight excluding hydrogens is 564 g/mol. The number of ether oxygens (including phenoxy) is 2. The largest absolute Gasteiger partial charge is 0.508 e. The number of hydrogen-bond acceptors (Lipinski definition) is 8. The monoisotopic (exact) mass is 599 g/mol. The van der Waals surface area contributed by atoms with Gasteiger partial charge in [-0.15, -0.1) is 6.42 Å². The molecule has 3 fully saturated rings. The van der Waals surface area contributed by atoms with Crippen LogP contribution in [0.3, 0.4) is 0 Å². The predicted molar refractivity (Wildman–Crippen MR) is 165 cm³/mol. The summed E-state index contributed by atoms with van der Waals surface area (Å²) in [7, 11) is 2.18. The first kappa shape index (κ1) is 28.7. The average Bonchev–Trinajstić information content (AvgIpc) is 3.74. The summed E-state index contributed by atoms with van der Waals surface area (Å²) in [6.07, 6.45) is 15.1. The summed E-state index contributed by atoms with van der Waals surface area (Å²) < 4.78 is 43.4. The van der Waals surface area contributed by atoms with E-state index in [-0.39, 0.29) is 44.9 Å². The number of aromatic nitrogens is 3. The lowest BCUT2D eigenvalue weighted by molar-refractivity contribution is 0.0133. The van der Waals surface area contributed by atoms with Crippen molar-refractivity contribution in [3.05, 3.63) is 47.7 Å². The van der Waals surface area contributed by atoms with Crippen molar-refractivity contribution in [2.45, 2.75) is 57.1 Å². The van der Waals surface area contributed by atoms with Gasteiger partial charge in [0.2, 0.25) is 0 Å². The smallest absolute Gasteiger partial charge is 0.319 e. The van der Waals surface area contributed by atoms with Crippen LogP contribution in [0.25, 0.3) is 32.9 Å². The Kier molecular flexibility index (Phi) is 7.47. The summed E-state index contributed by atoms with van der Waals surface area (Å²) in [5.74, 6) is 1.26. The second kappa shape index (κ2) is 11.5. The third-order valence-electron chi connectivity index (χ3n) is 9.45. The Hall–Kier alpha value is -4.07. The van der Waals surface area contributed by atoms with E-state index in [1.807, 2.05) is 0 Å². The lowest BCUT2D eigenvalue weighted by atomic mass is 9.76. The van der Waals surface area contributed by atoms with E-state index in [2.05, 4.69) is 38.1 Å². The van der Waals surface area contributed by atoms with Gasteiger partial charge in [-0.1, -0.05) is 18.4 Å². The number of nitrogens with one attached hydrogen (secondary N) is 1. The van der Waals surface area contributed by atoms with Gasteiger partial charge >= 0.3 is 6.01 Å². The molecule has 10 heteroatoms. The fourth-order valence-electron chi connectivity index (χ4n) is 7.19. The first-order valence-electron chi connectivity index (χ1n) is 15.3. The van der Waals surface area contributed by atoms with Crippen molar-refractivity contribution in [3.8, 4) is 35.4 Å². The molecule has 0 amide bonds. The van der Waals surface area contributed by atoms with Crippen molar-refractivity contribution in [1.29, 1.82) is 0 Å². The van der Waals surface area contributed by atoms with E-state index >= 15 is 4.39 Å². The van der Waals surface area contributed by atoms with Crippen molar-refractivity contribution in [2.75, 3.05) is 38.7 Å². The molecule has 8 nitrogen and oxygen atoms in total. The minimum atomic E-state index is -0.750. The average molecular weight is 600 g/mol. The first-order chi connectivity index (χ1) is 21.4. The standard InChI is InChI=1S/C34H35F2N5O3/c1-3-23-26(35)10-7-20-16-21(42)17-24(28(20)23)30-29(36)31-25(18-38-30)32(37-13-15-43-22-8-9-22)40-33(39-31)44-19-34-11-4-6-27(34)41(2)14-5-12-34/h1,7,10,16-18,22,27,42H,4-6,8-9,11-15,19H2,2H3,(H,37,39,40). The van der Waals surface area contributed by atoms with E-state index in [0.717, 1.165) is 51.5 Å². The molecule has 2 unspecified atom stereocenters. The Morgan fingerprint density at radius 2 is 2.00 bits per heavy atom. The number of likely N-dealkylation sites (tertiary alicyclic amines) is 1. The maximum absolute atomic E-state index is 16.6. The highest BCUT2D eigenvalue weighted by molar-refractivity contribution is 6.02. The van der Waals surface area contributed by atoms with Gasteiger partial charge in [0.05, 0.1) is 30.3 Å². The topological polar surface area (TPSA) is 92.6 Å². The van der Waals surface area contributed by atoms with Crippen LogP contribution in [0.2, 0.25) is 0 Å². The Labute approximate surface area is 254 Å². The summed E-state index contributed by atoms with van der Waals surface area (Å²) in [4.78, 5) is 16.1. The highest BCUT2D eigenvalue weighted by Crippen LogP contribution is 2.47. The van der Waals surface area contributed by atoms with Crippen molar-refractivity contribution in [1.82, 2.24) is 19.9 Å². The van der Waals surface area contributed by atoms with E-state index < -0.39 is 11.6 Å². The molecule has 2 atom stereocenters. The van der Waals surface area contributed by atoms with Crippen LogP contribution in [0.1, 0.15) is 50.5 Å². The number of anilines is 1. The van der Waals surface area contributed by atoms with E-state index in [0.29, 0.717) is 48.5 Å². The van der Waals surface area contributed by atoms with Crippen LogP contribution in [0, 0.1) is 29.4 Å². The SMILES string of the molecule is C#Cc1c(F)ccc2cc(O)cc(-c3ncc4c(NCCOC5CC5)nc(OCC56CCCC5N(C)CCC6)nc4c3F)c12. The van der Waals surface area contributed by atoms with E-state index in [1.54, 1.807) is 0 Å². The molecule has 2 N–H and O–H groups in total. The van der Waals surface area contributed by atoms with Gasteiger partial charge < -0.3 is 24.8 Å². The number of pyridine rings is 1. The molecule has 2 saturated carbocycles. The second-order valence-corrected chi connectivity index (χ2v) is 12.3. The van der Waals surface area contributed by atoms with Crippen molar-refractivity contribution in [2.24, 2.45) is 5.41 Å². The molecule has 3 aliphatic rings. The molecular formula is C34H35F2N5O3. The van der Waals surface area contributed by atoms with Crippen LogP contribution in [-0.4, -0.2) is 70.5 Å². The van der Waals surface area contributed by atoms with Gasteiger partial charge in [0.15, 0.2) is 5.82 Å². The van der Waals surface area contributed by atoms with Crippen LogP contribution in [0.4, 0.5) is 14.6 Å². The van der Waals surface area contributed by atoms with Crippen LogP contribution >= 0.6 is 0 Å². The number of rotatable bonds is 9. The Balaban J connectivity index is 1.30. The number of halogens is 2. The molecule has 1 aliphatic heterocycles. The number of phenols is 1. The van der Waals surface area contributed by atoms with E-state index in [4.69, 9.17) is 15.9 Å². The van der Waals surface area contributed by atoms with E-state index in [1.165, 1.54) is 30.5 Å². The Morgan fingerprint density at radius 1 is 1.16 bits per heavy atom. The molecule has 0 bridgehead atoms. The number of phenolic OH excluding ortho intramolecular Hbond substituents is 1. The Morgan fingerprint density at radius 3 is 2.82 bits per heavy atom. The molecule has 7 rings (SSSR count). The van der Waals surface area contributed by atoms with Crippen molar-refractivity contribution >= 4 is 27.5 Å². The third kappa shape index (κ3) is 5.18. The zero-order valence-corrected chi connectivity index (χ0v) is 24.7. The highest BCUT2D eigenvalue weighted by Gasteiger charge is 2.47. The number of fused-ring (bicyclic) bond motifs is 3. The minimum Gasteiger partial charge on any atom is -0.508 e. The molecule has 2 aliphatic carbocycles. The van der Waals surface area contributed by atoms with Gasteiger partial charge in [-0.25, -0.2) is 8.78 Å². The second-order valence-electron chi connectivity index (χ2n) is 12.3. The van der Waals surface area contributed by atoms with Crippen molar-refractivity contribution in [3.63, 3.8) is 0 Å². The van der Waals surface area contributed by atoms with Gasteiger partial charge in [0.1, 0.15) is 28.6 Å². The third-order valence-corrected chi connectivity index (χ3v) is 9.45. The molecule has 4 aromatic rings. The molecule has 2 aromatic heterocycles. The van der Waals surface area contributed by atoms with Gasteiger partial charge in [0, 0.05) is 35.1 Å². The Bertz CT molecular complexity index is 1790. The van der Waals surface area contributed by atoms with Crippen LogP contribution in [-0.2, 0) is 4.74 Å². The zero-order valence-electron chi connectivity index (χ0n) is 24.7.